The van der Waals surface area contributed by atoms with Crippen LogP contribution in [0.4, 0.5) is 0 Å². The molecule has 0 radical (unpaired) electrons. The van der Waals surface area contributed by atoms with Crippen molar-refractivity contribution in [3.63, 3.8) is 0 Å². The molecule has 0 aliphatic carbocycles. The van der Waals surface area contributed by atoms with Crippen molar-refractivity contribution in [3.05, 3.63) is 76.3 Å². The Morgan fingerprint density at radius 1 is 1.15 bits per heavy atom. The molecule has 134 valence electrons. The highest BCUT2D eigenvalue weighted by atomic mass is 35.5. The van der Waals surface area contributed by atoms with Crippen LogP contribution in [0.15, 0.2) is 48.5 Å². The Kier molecular flexibility index (Phi) is 4.76. The summed E-state index contributed by atoms with van der Waals surface area (Å²) in [4.78, 5) is 2.14. The van der Waals surface area contributed by atoms with Gasteiger partial charge in [-0.15, -0.1) is 10.2 Å². The molecule has 0 N–H and O–H groups in total. The van der Waals surface area contributed by atoms with Crippen molar-refractivity contribution in [2.24, 2.45) is 0 Å². The predicted octanol–water partition coefficient (Wildman–Crippen LogP) is 3.64. The summed E-state index contributed by atoms with van der Waals surface area (Å²) in [6, 6.07) is 16.1. The van der Waals surface area contributed by atoms with Crippen LogP contribution in [-0.2, 0) is 17.8 Å². The molecule has 2 aromatic carbocycles. The van der Waals surface area contributed by atoms with E-state index < -0.39 is 0 Å². The highest BCUT2D eigenvalue weighted by Gasteiger charge is 2.27. The molecule has 1 aliphatic rings. The van der Waals surface area contributed by atoms with Gasteiger partial charge in [-0.05, 0) is 37.9 Å². The van der Waals surface area contributed by atoms with Crippen molar-refractivity contribution in [1.29, 1.82) is 0 Å². The molecule has 26 heavy (non-hydrogen) atoms. The van der Waals surface area contributed by atoms with Gasteiger partial charge in [-0.1, -0.05) is 41.9 Å². The Bertz CT molecular complexity index is 907. The Balaban J connectivity index is 1.83. The molecule has 1 aromatic heterocycles. The lowest BCUT2D eigenvalue weighted by Gasteiger charge is -2.19. The number of likely N-dealkylation sites (N-methyl/N-ethyl adjacent to an activating group) is 1. The highest BCUT2D eigenvalue weighted by molar-refractivity contribution is 6.30. The SMILES string of the molecule is CN(C)CCc1nnc2n1-c1ccc(Cl)cc1C(c1ccccc1)OC2. The third-order valence-electron chi connectivity index (χ3n) is 4.57. The zero-order valence-electron chi connectivity index (χ0n) is 14.9. The number of fused-ring (bicyclic) bond motifs is 3. The zero-order chi connectivity index (χ0) is 18.1. The van der Waals surface area contributed by atoms with E-state index in [0.29, 0.717) is 11.6 Å². The second kappa shape index (κ2) is 7.19. The van der Waals surface area contributed by atoms with Crippen LogP contribution in [0, 0.1) is 0 Å². The summed E-state index contributed by atoms with van der Waals surface area (Å²) < 4.78 is 8.37. The van der Waals surface area contributed by atoms with E-state index in [0.717, 1.165) is 41.4 Å². The summed E-state index contributed by atoms with van der Waals surface area (Å²) in [6.07, 6.45) is 0.631. The summed E-state index contributed by atoms with van der Waals surface area (Å²) in [5, 5.41) is 9.48. The number of aromatic nitrogens is 3. The molecule has 1 atom stereocenters. The lowest BCUT2D eigenvalue weighted by Crippen LogP contribution is -2.17. The minimum Gasteiger partial charge on any atom is -0.361 e. The van der Waals surface area contributed by atoms with Crippen molar-refractivity contribution in [2.75, 3.05) is 20.6 Å². The average molecular weight is 369 g/mol. The molecule has 0 amide bonds. The van der Waals surface area contributed by atoms with Crippen LogP contribution in [-0.4, -0.2) is 40.3 Å². The van der Waals surface area contributed by atoms with E-state index in [4.69, 9.17) is 16.3 Å². The van der Waals surface area contributed by atoms with E-state index >= 15 is 0 Å². The first-order valence-corrected chi connectivity index (χ1v) is 9.05. The Morgan fingerprint density at radius 2 is 1.96 bits per heavy atom. The van der Waals surface area contributed by atoms with Gasteiger partial charge in [-0.3, -0.25) is 4.57 Å². The zero-order valence-corrected chi connectivity index (χ0v) is 15.6. The summed E-state index contributed by atoms with van der Waals surface area (Å²) in [5.74, 6) is 1.76. The maximum atomic E-state index is 6.32. The van der Waals surface area contributed by atoms with Crippen LogP contribution >= 0.6 is 11.6 Å². The van der Waals surface area contributed by atoms with Crippen LogP contribution in [0.5, 0.6) is 0 Å². The predicted molar refractivity (Wildman–Crippen MR) is 102 cm³/mol. The van der Waals surface area contributed by atoms with Gasteiger partial charge < -0.3 is 9.64 Å². The molecule has 3 aromatic rings. The quantitative estimate of drug-likeness (QED) is 0.705. The van der Waals surface area contributed by atoms with Gasteiger partial charge in [0.05, 0.1) is 5.69 Å². The highest BCUT2D eigenvalue weighted by Crippen LogP contribution is 2.36. The van der Waals surface area contributed by atoms with Gasteiger partial charge in [0.1, 0.15) is 18.5 Å². The first kappa shape index (κ1) is 17.2. The standard InChI is InChI=1S/C20H21ClN4O/c1-24(2)11-10-18-22-23-19-13-26-20(14-6-4-3-5-7-14)16-12-15(21)8-9-17(16)25(18)19/h3-9,12,20H,10-11,13H2,1-2H3. The maximum absolute atomic E-state index is 6.32. The van der Waals surface area contributed by atoms with E-state index in [9.17, 15) is 0 Å². The van der Waals surface area contributed by atoms with Crippen LogP contribution < -0.4 is 0 Å². The molecule has 6 heteroatoms. The Labute approximate surface area is 158 Å². The van der Waals surface area contributed by atoms with Crippen LogP contribution in [0.2, 0.25) is 5.02 Å². The fraction of sp³-hybridized carbons (Fsp3) is 0.300. The molecule has 1 unspecified atom stereocenters. The van der Waals surface area contributed by atoms with E-state index in [1.165, 1.54) is 0 Å². The van der Waals surface area contributed by atoms with Gasteiger partial charge in [-0.25, -0.2) is 0 Å². The van der Waals surface area contributed by atoms with E-state index in [1.54, 1.807) is 0 Å². The number of rotatable bonds is 4. The molecule has 0 fully saturated rings. The number of hydrogen-bond acceptors (Lipinski definition) is 4. The molecule has 0 saturated heterocycles. The maximum Gasteiger partial charge on any atom is 0.163 e. The average Bonchev–Trinajstić information content (AvgIpc) is 2.97. The number of ether oxygens (including phenoxy) is 1. The fourth-order valence-corrected chi connectivity index (χ4v) is 3.48. The Morgan fingerprint density at radius 3 is 2.73 bits per heavy atom. The van der Waals surface area contributed by atoms with Crippen LogP contribution in [0.1, 0.15) is 28.9 Å². The molecule has 1 aliphatic heterocycles. The minimum absolute atomic E-state index is 0.187. The summed E-state index contributed by atoms with van der Waals surface area (Å²) in [6.45, 7) is 1.31. The number of benzene rings is 2. The van der Waals surface area contributed by atoms with E-state index in [1.807, 2.05) is 36.4 Å². The number of hydrogen-bond donors (Lipinski definition) is 0. The third kappa shape index (κ3) is 3.26. The minimum atomic E-state index is -0.187. The van der Waals surface area contributed by atoms with Gasteiger partial charge >= 0.3 is 0 Å². The third-order valence-corrected chi connectivity index (χ3v) is 4.81. The summed E-state index contributed by atoms with van der Waals surface area (Å²) in [5.41, 5.74) is 3.17. The first-order valence-electron chi connectivity index (χ1n) is 8.68. The summed E-state index contributed by atoms with van der Waals surface area (Å²) in [7, 11) is 4.12. The lowest BCUT2D eigenvalue weighted by atomic mass is 9.99. The smallest absolute Gasteiger partial charge is 0.163 e. The van der Waals surface area contributed by atoms with Crippen molar-refractivity contribution >= 4 is 11.6 Å². The second-order valence-corrected chi connectivity index (χ2v) is 7.16. The largest absolute Gasteiger partial charge is 0.361 e. The topological polar surface area (TPSA) is 43.2 Å². The fourth-order valence-electron chi connectivity index (χ4n) is 3.30. The van der Waals surface area contributed by atoms with Crippen molar-refractivity contribution in [1.82, 2.24) is 19.7 Å². The molecular weight excluding hydrogens is 348 g/mol. The van der Waals surface area contributed by atoms with Crippen LogP contribution in [0.25, 0.3) is 5.69 Å². The van der Waals surface area contributed by atoms with Gasteiger partial charge in [-0.2, -0.15) is 0 Å². The normalized spacial score (nSPS) is 16.2. The molecule has 0 saturated carbocycles. The van der Waals surface area contributed by atoms with E-state index in [2.05, 4.69) is 45.9 Å². The monoisotopic (exact) mass is 368 g/mol. The molecule has 0 bridgehead atoms. The molecular formula is C20H21ClN4O. The lowest BCUT2D eigenvalue weighted by molar-refractivity contribution is 0.0655. The van der Waals surface area contributed by atoms with E-state index in [-0.39, 0.29) is 6.10 Å². The van der Waals surface area contributed by atoms with Crippen molar-refractivity contribution < 1.29 is 4.74 Å². The molecule has 2 heterocycles. The van der Waals surface area contributed by atoms with Gasteiger partial charge in [0, 0.05) is 23.6 Å². The molecule has 0 spiro atoms. The van der Waals surface area contributed by atoms with Crippen LogP contribution in [0.3, 0.4) is 0 Å². The first-order chi connectivity index (χ1) is 12.6. The molecule has 5 nitrogen and oxygen atoms in total. The second-order valence-electron chi connectivity index (χ2n) is 6.73. The summed E-state index contributed by atoms with van der Waals surface area (Å²) >= 11 is 6.32. The van der Waals surface area contributed by atoms with Crippen molar-refractivity contribution in [3.8, 4) is 5.69 Å². The number of nitrogens with zero attached hydrogens (tertiary/aromatic N) is 4. The van der Waals surface area contributed by atoms with Gasteiger partial charge in [0.25, 0.3) is 0 Å². The molecule has 4 rings (SSSR count). The van der Waals surface area contributed by atoms with Gasteiger partial charge in [0.15, 0.2) is 5.82 Å². The van der Waals surface area contributed by atoms with Crippen molar-refractivity contribution in [2.45, 2.75) is 19.1 Å². The number of halogens is 1. The Hall–Kier alpha value is -2.21. The van der Waals surface area contributed by atoms with Gasteiger partial charge in [0.2, 0.25) is 0 Å².